The molecule has 1 heterocycles. The third-order valence-corrected chi connectivity index (χ3v) is 3.45. The van der Waals surface area contributed by atoms with Crippen LogP contribution in [0.4, 0.5) is 4.79 Å². The van der Waals surface area contributed by atoms with Crippen molar-refractivity contribution in [2.75, 3.05) is 6.54 Å². The summed E-state index contributed by atoms with van der Waals surface area (Å²) in [5.41, 5.74) is 0. The fraction of sp³-hybridized carbons (Fsp3) is 0.818. The molecule has 2 aliphatic rings. The highest BCUT2D eigenvalue weighted by atomic mass is 16.4. The van der Waals surface area contributed by atoms with Crippen molar-refractivity contribution in [2.24, 2.45) is 5.92 Å². The summed E-state index contributed by atoms with van der Waals surface area (Å²) in [6.45, 7) is 2.74. The molecule has 1 saturated carbocycles. The van der Waals surface area contributed by atoms with Crippen molar-refractivity contribution in [1.82, 2.24) is 10.2 Å². The summed E-state index contributed by atoms with van der Waals surface area (Å²) >= 11 is 0. The zero-order valence-electron chi connectivity index (χ0n) is 9.48. The van der Waals surface area contributed by atoms with E-state index in [9.17, 15) is 9.59 Å². The van der Waals surface area contributed by atoms with Crippen molar-refractivity contribution in [3.63, 3.8) is 0 Å². The van der Waals surface area contributed by atoms with Gasteiger partial charge >= 0.3 is 12.0 Å². The minimum absolute atomic E-state index is 0.138. The molecular weight excluding hydrogens is 208 g/mol. The maximum atomic E-state index is 11.9. The van der Waals surface area contributed by atoms with Gasteiger partial charge in [0.2, 0.25) is 0 Å². The van der Waals surface area contributed by atoms with Crippen LogP contribution in [-0.2, 0) is 4.79 Å². The van der Waals surface area contributed by atoms with Gasteiger partial charge in [0.15, 0.2) is 0 Å². The summed E-state index contributed by atoms with van der Waals surface area (Å²) in [5, 5.41) is 11.6. The lowest BCUT2D eigenvalue weighted by Gasteiger charge is -2.24. The zero-order chi connectivity index (χ0) is 11.7. The highest BCUT2D eigenvalue weighted by Gasteiger charge is 2.38. The molecule has 0 bridgehead atoms. The van der Waals surface area contributed by atoms with E-state index in [1.807, 2.05) is 6.92 Å². The lowest BCUT2D eigenvalue weighted by Crippen LogP contribution is -2.49. The van der Waals surface area contributed by atoms with Crippen molar-refractivity contribution in [3.8, 4) is 0 Å². The highest BCUT2D eigenvalue weighted by Crippen LogP contribution is 2.33. The number of likely N-dealkylation sites (tertiary alicyclic amines) is 1. The highest BCUT2D eigenvalue weighted by molar-refractivity contribution is 5.83. The second kappa shape index (κ2) is 4.31. The Labute approximate surface area is 94.8 Å². The van der Waals surface area contributed by atoms with Gasteiger partial charge in [-0.1, -0.05) is 0 Å². The Kier molecular flexibility index (Phi) is 3.03. The van der Waals surface area contributed by atoms with E-state index >= 15 is 0 Å². The SMILES string of the molecule is CC1CCCN1C(=O)NC(C(=O)O)C1CC1. The van der Waals surface area contributed by atoms with Gasteiger partial charge < -0.3 is 15.3 Å². The van der Waals surface area contributed by atoms with Gasteiger partial charge in [0.1, 0.15) is 6.04 Å². The van der Waals surface area contributed by atoms with Crippen LogP contribution in [0.2, 0.25) is 0 Å². The van der Waals surface area contributed by atoms with Crippen molar-refractivity contribution in [2.45, 2.75) is 44.7 Å². The zero-order valence-corrected chi connectivity index (χ0v) is 9.48. The molecule has 2 atom stereocenters. The van der Waals surface area contributed by atoms with Gasteiger partial charge in [0, 0.05) is 12.6 Å². The first-order chi connectivity index (χ1) is 7.59. The molecule has 2 fully saturated rings. The lowest BCUT2D eigenvalue weighted by atomic mass is 10.2. The molecule has 2 N–H and O–H groups in total. The van der Waals surface area contributed by atoms with E-state index in [0.717, 1.165) is 32.2 Å². The van der Waals surface area contributed by atoms with E-state index in [0.29, 0.717) is 0 Å². The molecule has 2 unspecified atom stereocenters. The molecule has 2 amide bonds. The summed E-state index contributed by atoms with van der Waals surface area (Å²) in [4.78, 5) is 24.6. The third-order valence-electron chi connectivity index (χ3n) is 3.45. The van der Waals surface area contributed by atoms with Gasteiger partial charge in [0.05, 0.1) is 0 Å². The van der Waals surface area contributed by atoms with Gasteiger partial charge in [-0.2, -0.15) is 0 Å². The largest absolute Gasteiger partial charge is 0.480 e. The Morgan fingerprint density at radius 2 is 2.06 bits per heavy atom. The number of amides is 2. The number of rotatable bonds is 3. The minimum Gasteiger partial charge on any atom is -0.480 e. The molecular formula is C11H18N2O3. The summed E-state index contributed by atoms with van der Waals surface area (Å²) < 4.78 is 0. The Morgan fingerprint density at radius 3 is 2.50 bits per heavy atom. The van der Waals surface area contributed by atoms with Gasteiger partial charge in [-0.15, -0.1) is 0 Å². The topological polar surface area (TPSA) is 69.6 Å². The summed E-state index contributed by atoms with van der Waals surface area (Å²) in [6.07, 6.45) is 3.84. The predicted octanol–water partition coefficient (Wildman–Crippen LogP) is 1.04. The Hall–Kier alpha value is -1.26. The first-order valence-corrected chi connectivity index (χ1v) is 5.89. The number of carbonyl (C=O) groups excluding carboxylic acids is 1. The van der Waals surface area contributed by atoms with Crippen LogP contribution in [0.3, 0.4) is 0 Å². The number of nitrogens with zero attached hydrogens (tertiary/aromatic N) is 1. The van der Waals surface area contributed by atoms with Gasteiger partial charge in [0.25, 0.3) is 0 Å². The van der Waals surface area contributed by atoms with Crippen LogP contribution in [0.1, 0.15) is 32.6 Å². The van der Waals surface area contributed by atoms with E-state index in [-0.39, 0.29) is 18.0 Å². The maximum absolute atomic E-state index is 11.9. The Morgan fingerprint density at radius 1 is 1.38 bits per heavy atom. The van der Waals surface area contributed by atoms with Crippen molar-refractivity contribution in [1.29, 1.82) is 0 Å². The number of hydrogen-bond acceptors (Lipinski definition) is 2. The second-order valence-electron chi connectivity index (χ2n) is 4.79. The first-order valence-electron chi connectivity index (χ1n) is 5.89. The number of urea groups is 1. The molecule has 5 heteroatoms. The van der Waals surface area contributed by atoms with Crippen LogP contribution in [0, 0.1) is 5.92 Å². The molecule has 1 aliphatic heterocycles. The predicted molar refractivity (Wildman–Crippen MR) is 58.1 cm³/mol. The van der Waals surface area contributed by atoms with E-state index in [1.165, 1.54) is 0 Å². The second-order valence-corrected chi connectivity index (χ2v) is 4.79. The van der Waals surface area contributed by atoms with Crippen LogP contribution < -0.4 is 5.32 Å². The van der Waals surface area contributed by atoms with E-state index in [1.54, 1.807) is 4.90 Å². The van der Waals surface area contributed by atoms with Crippen LogP contribution in [0.25, 0.3) is 0 Å². The number of nitrogens with one attached hydrogen (secondary N) is 1. The average Bonchev–Trinajstić information content (AvgIpc) is 2.96. The molecule has 0 spiro atoms. The molecule has 1 aliphatic carbocycles. The number of carbonyl (C=O) groups is 2. The third kappa shape index (κ3) is 2.28. The van der Waals surface area contributed by atoms with Gasteiger partial charge in [-0.25, -0.2) is 9.59 Å². The van der Waals surface area contributed by atoms with E-state index in [4.69, 9.17) is 5.11 Å². The first kappa shape index (κ1) is 11.2. The molecule has 1 saturated heterocycles. The lowest BCUT2D eigenvalue weighted by molar-refractivity contribution is -0.139. The van der Waals surface area contributed by atoms with Crippen LogP contribution >= 0.6 is 0 Å². The standard InChI is InChI=1S/C11H18N2O3/c1-7-3-2-6-13(7)11(16)12-9(10(14)15)8-4-5-8/h7-9H,2-6H2,1H3,(H,12,16)(H,14,15). The van der Waals surface area contributed by atoms with Crippen LogP contribution in [-0.4, -0.2) is 40.6 Å². The van der Waals surface area contributed by atoms with Crippen molar-refractivity contribution >= 4 is 12.0 Å². The molecule has 2 rings (SSSR count). The number of aliphatic carboxylic acids is 1. The van der Waals surface area contributed by atoms with Gasteiger partial charge in [-0.3, -0.25) is 0 Å². The monoisotopic (exact) mass is 226 g/mol. The minimum atomic E-state index is -0.914. The number of carboxylic acids is 1. The molecule has 0 radical (unpaired) electrons. The Bertz CT molecular complexity index is 302. The van der Waals surface area contributed by atoms with Crippen LogP contribution in [0.5, 0.6) is 0 Å². The quantitative estimate of drug-likeness (QED) is 0.755. The number of carboxylic acid groups (broad SMARTS) is 1. The number of hydrogen-bond donors (Lipinski definition) is 2. The smallest absolute Gasteiger partial charge is 0.326 e. The Balaban J connectivity index is 1.92. The molecule has 0 aromatic rings. The average molecular weight is 226 g/mol. The molecule has 5 nitrogen and oxygen atoms in total. The molecule has 16 heavy (non-hydrogen) atoms. The maximum Gasteiger partial charge on any atom is 0.326 e. The van der Waals surface area contributed by atoms with Crippen LogP contribution in [0.15, 0.2) is 0 Å². The van der Waals surface area contributed by atoms with Crippen molar-refractivity contribution < 1.29 is 14.7 Å². The fourth-order valence-electron chi connectivity index (χ4n) is 2.26. The van der Waals surface area contributed by atoms with E-state index in [2.05, 4.69) is 5.32 Å². The summed E-state index contributed by atoms with van der Waals surface area (Å²) in [6, 6.07) is -0.682. The van der Waals surface area contributed by atoms with Gasteiger partial charge in [-0.05, 0) is 38.5 Å². The van der Waals surface area contributed by atoms with Crippen molar-refractivity contribution in [3.05, 3.63) is 0 Å². The normalized spacial score (nSPS) is 26.6. The summed E-state index contributed by atoms with van der Waals surface area (Å²) in [7, 11) is 0. The van der Waals surface area contributed by atoms with E-state index < -0.39 is 12.0 Å². The molecule has 0 aromatic carbocycles. The summed E-state index contributed by atoms with van der Waals surface area (Å²) in [5.74, 6) is -0.776. The molecule has 0 aromatic heterocycles. The molecule has 90 valence electrons. The fourth-order valence-corrected chi connectivity index (χ4v) is 2.26.